The number of hydrogen-bond donors (Lipinski definition) is 1. The van der Waals surface area contributed by atoms with Crippen LogP contribution in [-0.2, 0) is 4.79 Å². The van der Waals surface area contributed by atoms with Gasteiger partial charge in [0.15, 0.2) is 11.5 Å². The Bertz CT molecular complexity index is 832. The first-order valence-electron chi connectivity index (χ1n) is 7.21. The molecule has 0 atom stereocenters. The van der Waals surface area contributed by atoms with Gasteiger partial charge in [0.05, 0.1) is 19.8 Å². The molecule has 0 unspecified atom stereocenters. The highest BCUT2D eigenvalue weighted by Crippen LogP contribution is 2.31. The number of carbonyl (C=O) groups is 1. The normalized spacial score (nSPS) is 10.5. The minimum atomic E-state index is -0.289. The standard InChI is InChI=1S/C18H18N2O3S/c1-11-12(2)24-18(14(11)10-19)20-17(21)8-6-13-5-7-15(22-3)16(9-13)23-4/h5-9H,1-4H3,(H,20,21)/b8-6+. The molecule has 1 heterocycles. The van der Waals surface area contributed by atoms with E-state index >= 15 is 0 Å². The molecule has 0 spiro atoms. The second-order valence-electron chi connectivity index (χ2n) is 5.04. The van der Waals surface area contributed by atoms with Gasteiger partial charge in [0.1, 0.15) is 11.1 Å². The Morgan fingerprint density at radius 1 is 1.25 bits per heavy atom. The fourth-order valence-corrected chi connectivity index (χ4v) is 3.15. The third kappa shape index (κ3) is 3.76. The summed E-state index contributed by atoms with van der Waals surface area (Å²) in [5, 5.41) is 12.5. The molecule has 1 aromatic carbocycles. The average molecular weight is 342 g/mol. The van der Waals surface area contributed by atoms with Gasteiger partial charge in [0, 0.05) is 11.0 Å². The maximum atomic E-state index is 12.1. The lowest BCUT2D eigenvalue weighted by atomic mass is 10.2. The predicted molar refractivity (Wildman–Crippen MR) is 95.7 cm³/mol. The number of rotatable bonds is 5. The molecule has 5 nitrogen and oxygen atoms in total. The first kappa shape index (κ1) is 17.6. The Balaban J connectivity index is 2.14. The van der Waals surface area contributed by atoms with Crippen molar-refractivity contribution in [3.05, 3.63) is 45.8 Å². The molecule has 0 radical (unpaired) electrons. The number of ether oxygens (including phenoxy) is 2. The summed E-state index contributed by atoms with van der Waals surface area (Å²) in [7, 11) is 3.13. The molecule has 0 saturated carbocycles. The monoisotopic (exact) mass is 342 g/mol. The Labute approximate surface area is 145 Å². The molecule has 6 heteroatoms. The van der Waals surface area contributed by atoms with Crippen LogP contribution in [0.25, 0.3) is 6.08 Å². The lowest BCUT2D eigenvalue weighted by Crippen LogP contribution is -2.07. The number of hydrogen-bond acceptors (Lipinski definition) is 5. The number of amides is 1. The largest absolute Gasteiger partial charge is 0.493 e. The zero-order valence-electron chi connectivity index (χ0n) is 14.0. The molecule has 1 aromatic heterocycles. The van der Waals surface area contributed by atoms with Crippen molar-refractivity contribution in [2.45, 2.75) is 13.8 Å². The molecule has 1 N–H and O–H groups in total. The third-order valence-electron chi connectivity index (χ3n) is 3.57. The fourth-order valence-electron chi connectivity index (χ4n) is 2.13. The number of benzene rings is 1. The van der Waals surface area contributed by atoms with Crippen LogP contribution in [0.15, 0.2) is 24.3 Å². The maximum Gasteiger partial charge on any atom is 0.249 e. The summed E-state index contributed by atoms with van der Waals surface area (Å²) in [6, 6.07) is 7.51. The van der Waals surface area contributed by atoms with E-state index in [2.05, 4.69) is 11.4 Å². The van der Waals surface area contributed by atoms with Gasteiger partial charge in [-0.2, -0.15) is 5.26 Å². The van der Waals surface area contributed by atoms with Crippen LogP contribution in [0, 0.1) is 25.2 Å². The minimum Gasteiger partial charge on any atom is -0.493 e. The number of nitriles is 1. The van der Waals surface area contributed by atoms with E-state index in [4.69, 9.17) is 9.47 Å². The molecular weight excluding hydrogens is 324 g/mol. The van der Waals surface area contributed by atoms with Crippen molar-refractivity contribution in [1.82, 2.24) is 0 Å². The highest BCUT2D eigenvalue weighted by atomic mass is 32.1. The molecule has 124 valence electrons. The summed E-state index contributed by atoms with van der Waals surface area (Å²) >= 11 is 1.40. The summed E-state index contributed by atoms with van der Waals surface area (Å²) < 4.78 is 10.4. The second kappa shape index (κ2) is 7.66. The van der Waals surface area contributed by atoms with E-state index in [1.54, 1.807) is 32.4 Å². The molecule has 0 bridgehead atoms. The smallest absolute Gasteiger partial charge is 0.249 e. The van der Waals surface area contributed by atoms with Gasteiger partial charge in [-0.1, -0.05) is 6.07 Å². The first-order chi connectivity index (χ1) is 11.5. The van der Waals surface area contributed by atoms with Crippen LogP contribution in [0.2, 0.25) is 0 Å². The molecular formula is C18H18N2O3S. The van der Waals surface area contributed by atoms with Crippen LogP contribution in [0.4, 0.5) is 5.00 Å². The fraction of sp³-hybridized carbons (Fsp3) is 0.222. The zero-order chi connectivity index (χ0) is 17.7. The predicted octanol–water partition coefficient (Wildman–Crippen LogP) is 3.91. The third-order valence-corrected chi connectivity index (χ3v) is 4.69. The van der Waals surface area contributed by atoms with Crippen molar-refractivity contribution < 1.29 is 14.3 Å². The van der Waals surface area contributed by atoms with Crippen LogP contribution in [0.3, 0.4) is 0 Å². The van der Waals surface area contributed by atoms with Gasteiger partial charge < -0.3 is 14.8 Å². The van der Waals surface area contributed by atoms with Crippen molar-refractivity contribution in [2.24, 2.45) is 0 Å². The number of carbonyl (C=O) groups excluding carboxylic acids is 1. The van der Waals surface area contributed by atoms with Crippen LogP contribution in [-0.4, -0.2) is 20.1 Å². The molecule has 0 aliphatic heterocycles. The van der Waals surface area contributed by atoms with E-state index in [-0.39, 0.29) is 5.91 Å². The highest BCUT2D eigenvalue weighted by molar-refractivity contribution is 7.16. The van der Waals surface area contributed by atoms with Gasteiger partial charge in [-0.15, -0.1) is 11.3 Å². The average Bonchev–Trinajstić information content (AvgIpc) is 2.85. The number of methoxy groups -OCH3 is 2. The van der Waals surface area contributed by atoms with Crippen molar-refractivity contribution in [1.29, 1.82) is 5.26 Å². The molecule has 0 aliphatic rings. The summed E-state index contributed by atoms with van der Waals surface area (Å²) in [6.07, 6.45) is 3.10. The molecule has 0 saturated heterocycles. The second-order valence-corrected chi connectivity index (χ2v) is 6.26. The highest BCUT2D eigenvalue weighted by Gasteiger charge is 2.13. The van der Waals surface area contributed by atoms with Crippen LogP contribution in [0.5, 0.6) is 11.5 Å². The molecule has 2 rings (SSSR count). The van der Waals surface area contributed by atoms with Gasteiger partial charge >= 0.3 is 0 Å². The van der Waals surface area contributed by atoms with Crippen molar-refractivity contribution in [2.75, 3.05) is 19.5 Å². The van der Waals surface area contributed by atoms with Crippen LogP contribution < -0.4 is 14.8 Å². The van der Waals surface area contributed by atoms with Gasteiger partial charge in [0.2, 0.25) is 5.91 Å². The number of aryl methyl sites for hydroxylation is 1. The van der Waals surface area contributed by atoms with E-state index in [0.29, 0.717) is 22.1 Å². The molecule has 0 fully saturated rings. The van der Waals surface area contributed by atoms with Gasteiger partial charge in [-0.3, -0.25) is 4.79 Å². The Hall–Kier alpha value is -2.78. The topological polar surface area (TPSA) is 71.3 Å². The summed E-state index contributed by atoms with van der Waals surface area (Å²) in [5.41, 5.74) is 2.23. The van der Waals surface area contributed by atoms with Crippen LogP contribution in [0.1, 0.15) is 21.6 Å². The van der Waals surface area contributed by atoms with E-state index < -0.39 is 0 Å². The van der Waals surface area contributed by atoms with Gasteiger partial charge in [0.25, 0.3) is 0 Å². The minimum absolute atomic E-state index is 0.289. The lowest BCUT2D eigenvalue weighted by Gasteiger charge is -2.07. The zero-order valence-corrected chi connectivity index (χ0v) is 14.8. The van der Waals surface area contributed by atoms with E-state index in [0.717, 1.165) is 16.0 Å². The SMILES string of the molecule is COc1ccc(/C=C/C(=O)Nc2sc(C)c(C)c2C#N)cc1OC. The number of anilines is 1. The number of thiophene rings is 1. The number of nitrogens with one attached hydrogen (secondary N) is 1. The van der Waals surface area contributed by atoms with E-state index in [1.165, 1.54) is 17.4 Å². The van der Waals surface area contributed by atoms with Crippen LogP contribution >= 0.6 is 11.3 Å². The molecule has 1 amide bonds. The Kier molecular flexibility index (Phi) is 5.61. The van der Waals surface area contributed by atoms with Crippen molar-refractivity contribution in [3.63, 3.8) is 0 Å². The molecule has 2 aromatic rings. The molecule has 24 heavy (non-hydrogen) atoms. The number of nitrogens with zero attached hydrogens (tertiary/aromatic N) is 1. The van der Waals surface area contributed by atoms with E-state index in [9.17, 15) is 10.1 Å². The van der Waals surface area contributed by atoms with Gasteiger partial charge in [-0.05, 0) is 43.2 Å². The Morgan fingerprint density at radius 3 is 2.58 bits per heavy atom. The van der Waals surface area contributed by atoms with Crippen molar-refractivity contribution >= 4 is 28.3 Å². The van der Waals surface area contributed by atoms with E-state index in [1.807, 2.05) is 19.9 Å². The summed E-state index contributed by atoms with van der Waals surface area (Å²) in [5.74, 6) is 0.932. The summed E-state index contributed by atoms with van der Waals surface area (Å²) in [4.78, 5) is 13.1. The summed E-state index contributed by atoms with van der Waals surface area (Å²) in [6.45, 7) is 3.80. The first-order valence-corrected chi connectivity index (χ1v) is 8.03. The Morgan fingerprint density at radius 2 is 1.96 bits per heavy atom. The lowest BCUT2D eigenvalue weighted by molar-refractivity contribution is -0.111. The molecule has 0 aliphatic carbocycles. The van der Waals surface area contributed by atoms with Gasteiger partial charge in [-0.25, -0.2) is 0 Å². The quantitative estimate of drug-likeness (QED) is 0.836. The van der Waals surface area contributed by atoms with Crippen molar-refractivity contribution in [3.8, 4) is 17.6 Å². The maximum absolute atomic E-state index is 12.1.